The molecule has 5 amide bonds. The first-order valence-corrected chi connectivity index (χ1v) is 17.0. The van der Waals surface area contributed by atoms with Crippen molar-refractivity contribution < 1.29 is 38.2 Å². The molecule has 0 unspecified atom stereocenters. The van der Waals surface area contributed by atoms with Crippen molar-refractivity contribution in [2.24, 2.45) is 5.92 Å². The van der Waals surface area contributed by atoms with Crippen LogP contribution in [0.3, 0.4) is 0 Å². The molecule has 2 heterocycles. The van der Waals surface area contributed by atoms with Crippen molar-refractivity contribution in [1.29, 1.82) is 0 Å². The van der Waals surface area contributed by atoms with Crippen LogP contribution < -0.4 is 26.6 Å². The third-order valence-corrected chi connectivity index (χ3v) is 8.68. The van der Waals surface area contributed by atoms with E-state index in [4.69, 9.17) is 9.47 Å². The smallest absolute Gasteiger partial charge is 0.407 e. The molecule has 1 fully saturated rings. The molecule has 1 saturated heterocycles. The van der Waals surface area contributed by atoms with Gasteiger partial charge >= 0.3 is 12.1 Å². The predicted octanol–water partition coefficient (Wildman–Crippen LogP) is 1.56. The van der Waals surface area contributed by atoms with Crippen LogP contribution in [0.25, 0.3) is 0 Å². The molecule has 5 N–H and O–H groups in total. The number of hydrogen-bond donors (Lipinski definition) is 5. The predicted molar refractivity (Wildman–Crippen MR) is 165 cm³/mol. The van der Waals surface area contributed by atoms with Crippen LogP contribution in [0.4, 0.5) is 4.79 Å². The van der Waals surface area contributed by atoms with Gasteiger partial charge in [0.2, 0.25) is 23.6 Å². The van der Waals surface area contributed by atoms with Gasteiger partial charge in [0.15, 0.2) is 0 Å². The highest BCUT2D eigenvalue weighted by Crippen LogP contribution is 2.24. The molecular weight excluding hydrogens is 598 g/mol. The summed E-state index contributed by atoms with van der Waals surface area (Å²) < 4.78 is 10.7. The number of rotatable bonds is 6. The summed E-state index contributed by atoms with van der Waals surface area (Å²) in [5, 5.41) is 13.4. The summed E-state index contributed by atoms with van der Waals surface area (Å²) >= 11 is 0. The minimum Gasteiger partial charge on any atom is -0.456 e. The fraction of sp³-hybridized carbons (Fsp3) is 0.714. The third-order valence-electron chi connectivity index (χ3n) is 6.23. The lowest BCUT2D eigenvalue weighted by Crippen LogP contribution is -2.59. The van der Waals surface area contributed by atoms with Crippen molar-refractivity contribution in [3.8, 4) is 0 Å². The molecule has 0 radical (unpaired) electrons. The first kappa shape index (κ1) is 36.3. The van der Waals surface area contributed by atoms with E-state index in [0.29, 0.717) is 31.6 Å². The van der Waals surface area contributed by atoms with Crippen LogP contribution in [0.5, 0.6) is 0 Å². The van der Waals surface area contributed by atoms with Gasteiger partial charge in [-0.1, -0.05) is 41.5 Å². The van der Waals surface area contributed by atoms with Crippen LogP contribution in [0.2, 0.25) is 0 Å². The lowest BCUT2D eigenvalue weighted by atomic mass is 10.0. The summed E-state index contributed by atoms with van der Waals surface area (Å²) in [6, 6.07) is -2.94. The Balaban J connectivity index is 2.27. The average Bonchev–Trinajstić information content (AvgIpc) is 2.90. The molecule has 43 heavy (non-hydrogen) atoms. The maximum atomic E-state index is 13.5. The van der Waals surface area contributed by atoms with Crippen molar-refractivity contribution >= 4 is 57.3 Å². The van der Waals surface area contributed by atoms with Crippen molar-refractivity contribution in [2.45, 2.75) is 96.6 Å². The zero-order valence-corrected chi connectivity index (χ0v) is 27.1. The third kappa shape index (κ3) is 14.4. The normalized spacial score (nSPS) is 25.8. The second kappa shape index (κ2) is 18.0. The molecular formula is C28H45N5O8S2. The van der Waals surface area contributed by atoms with E-state index in [2.05, 4.69) is 26.6 Å². The molecule has 0 aromatic heterocycles. The van der Waals surface area contributed by atoms with Gasteiger partial charge in [-0.05, 0) is 58.4 Å². The Labute approximate surface area is 260 Å². The van der Waals surface area contributed by atoms with Gasteiger partial charge in [-0.25, -0.2) is 4.79 Å². The second-order valence-electron chi connectivity index (χ2n) is 11.6. The highest BCUT2D eigenvalue weighted by atomic mass is 33.1. The second-order valence-corrected chi connectivity index (χ2v) is 14.2. The SMILES string of the molecule is CC(C)[C@H]1NC(=O)[C@@H]2CSSCC/C=C/[C@H](CC(=O)N[C@H](CCCCNC(=O)OC(C)(C)C)C(=O)N2)OC(=O)CNC1=O. The van der Waals surface area contributed by atoms with Gasteiger partial charge in [0.1, 0.15) is 36.4 Å². The highest BCUT2D eigenvalue weighted by Gasteiger charge is 2.32. The van der Waals surface area contributed by atoms with Crippen LogP contribution in [-0.2, 0) is 33.4 Å². The molecule has 2 aliphatic heterocycles. The van der Waals surface area contributed by atoms with E-state index in [1.807, 2.05) is 6.08 Å². The Kier molecular flexibility index (Phi) is 15.2. The Morgan fingerprint density at radius 2 is 1.79 bits per heavy atom. The molecule has 0 aliphatic carbocycles. The summed E-state index contributed by atoms with van der Waals surface area (Å²) in [6.45, 7) is 8.67. The van der Waals surface area contributed by atoms with Crippen LogP contribution in [0, 0.1) is 5.92 Å². The van der Waals surface area contributed by atoms with E-state index < -0.39 is 72.1 Å². The monoisotopic (exact) mass is 643 g/mol. The van der Waals surface area contributed by atoms with Crippen LogP contribution in [-0.4, -0.2) is 90.1 Å². The zero-order valence-electron chi connectivity index (χ0n) is 25.5. The van der Waals surface area contributed by atoms with Crippen molar-refractivity contribution in [3.05, 3.63) is 12.2 Å². The van der Waals surface area contributed by atoms with Gasteiger partial charge in [0, 0.05) is 18.1 Å². The van der Waals surface area contributed by atoms with E-state index in [1.165, 1.54) is 21.6 Å². The van der Waals surface area contributed by atoms with Crippen LogP contribution in [0.1, 0.15) is 66.7 Å². The molecule has 242 valence electrons. The summed E-state index contributed by atoms with van der Waals surface area (Å²) in [6.07, 6.45) is 3.57. The largest absolute Gasteiger partial charge is 0.456 e. The molecule has 2 bridgehead atoms. The van der Waals surface area contributed by atoms with E-state index in [1.54, 1.807) is 40.7 Å². The fourth-order valence-corrected chi connectivity index (χ4v) is 6.25. The molecule has 2 aliphatic rings. The minimum atomic E-state index is -0.996. The number of carbonyl (C=O) groups excluding carboxylic acids is 6. The number of amides is 5. The van der Waals surface area contributed by atoms with E-state index in [-0.39, 0.29) is 24.5 Å². The van der Waals surface area contributed by atoms with E-state index in [0.717, 1.165) is 0 Å². The molecule has 0 aromatic rings. The van der Waals surface area contributed by atoms with Crippen LogP contribution in [0.15, 0.2) is 12.2 Å². The Hall–Kier alpha value is -2.94. The quantitative estimate of drug-likeness (QED) is 0.123. The Morgan fingerprint density at radius 3 is 2.49 bits per heavy atom. The van der Waals surface area contributed by atoms with Gasteiger partial charge in [-0.15, -0.1) is 0 Å². The zero-order chi connectivity index (χ0) is 32.0. The number of carbonyl (C=O) groups is 6. The maximum Gasteiger partial charge on any atom is 0.407 e. The first-order valence-electron chi connectivity index (χ1n) is 14.5. The van der Waals surface area contributed by atoms with Crippen molar-refractivity contribution in [1.82, 2.24) is 26.6 Å². The molecule has 2 rings (SSSR count). The number of ether oxygens (including phenoxy) is 2. The molecule has 15 heteroatoms. The highest BCUT2D eigenvalue weighted by molar-refractivity contribution is 8.76. The maximum absolute atomic E-state index is 13.5. The van der Waals surface area contributed by atoms with E-state index >= 15 is 0 Å². The van der Waals surface area contributed by atoms with Crippen molar-refractivity contribution in [3.63, 3.8) is 0 Å². The lowest BCUT2D eigenvalue weighted by molar-refractivity contribution is -0.148. The van der Waals surface area contributed by atoms with Gasteiger partial charge in [0.05, 0.1) is 6.42 Å². The minimum absolute atomic E-state index is 0.223. The summed E-state index contributed by atoms with van der Waals surface area (Å²) in [4.78, 5) is 77.3. The average molecular weight is 644 g/mol. The molecule has 13 nitrogen and oxygen atoms in total. The summed E-state index contributed by atoms with van der Waals surface area (Å²) in [5.74, 6) is -2.34. The Morgan fingerprint density at radius 1 is 1.05 bits per heavy atom. The molecule has 0 spiro atoms. The molecule has 4 atom stereocenters. The molecule has 0 aromatic carbocycles. The fourth-order valence-electron chi connectivity index (χ4n) is 4.09. The van der Waals surface area contributed by atoms with Gasteiger partial charge in [-0.2, -0.15) is 0 Å². The van der Waals surface area contributed by atoms with Gasteiger partial charge < -0.3 is 36.1 Å². The summed E-state index contributed by atoms with van der Waals surface area (Å²) in [7, 11) is 2.92. The number of alkyl carbamates (subject to hydrolysis) is 1. The number of hydrogen-bond acceptors (Lipinski definition) is 10. The number of nitrogens with one attached hydrogen (secondary N) is 5. The number of unbranched alkanes of at least 4 members (excludes halogenated alkanes) is 1. The number of allylic oxidation sites excluding steroid dienone is 1. The number of fused-ring (bicyclic) bond motifs is 7. The standard InChI is InChI=1S/C28H45N5O8S2/c1-17(2)23-26(38)30-15-22(35)40-18-10-7-9-13-42-43-16-20(25(37)33-23)32-24(36)19(31-21(34)14-18)11-6-8-12-29-27(39)41-28(3,4)5/h7,10,17-20,23H,6,8-9,11-16H2,1-5H3,(H,29,39)(H,30,38)(H,31,34)(H,32,36)(H,33,37)/b10-7+/t18-,19-,20+,23-/m1/s1. The topological polar surface area (TPSA) is 181 Å². The lowest BCUT2D eigenvalue weighted by Gasteiger charge is -2.27. The van der Waals surface area contributed by atoms with Gasteiger partial charge in [-0.3, -0.25) is 24.0 Å². The van der Waals surface area contributed by atoms with E-state index in [9.17, 15) is 28.8 Å². The summed E-state index contributed by atoms with van der Waals surface area (Å²) in [5.41, 5.74) is -0.629. The Bertz CT molecular complexity index is 1030. The van der Waals surface area contributed by atoms with Crippen LogP contribution >= 0.6 is 21.6 Å². The molecule has 0 saturated carbocycles. The van der Waals surface area contributed by atoms with Gasteiger partial charge in [0.25, 0.3) is 0 Å². The first-order chi connectivity index (χ1) is 20.2. The number of esters is 1. The van der Waals surface area contributed by atoms with Crippen molar-refractivity contribution in [2.75, 3.05) is 24.6 Å².